The highest BCUT2D eigenvalue weighted by Gasteiger charge is 2.27. The van der Waals surface area contributed by atoms with E-state index in [0.717, 1.165) is 12.8 Å². The summed E-state index contributed by atoms with van der Waals surface area (Å²) in [6.07, 6.45) is 2.28. The van der Waals surface area contributed by atoms with E-state index in [-0.39, 0.29) is 0 Å². The van der Waals surface area contributed by atoms with E-state index in [2.05, 4.69) is 30.7 Å². The normalized spacial score (nSPS) is 19.7. The van der Waals surface area contributed by atoms with Crippen molar-refractivity contribution in [2.45, 2.75) is 44.0 Å². The number of aromatic nitrogens is 4. The van der Waals surface area contributed by atoms with Crippen LogP contribution in [-0.2, 0) is 10.0 Å². The summed E-state index contributed by atoms with van der Waals surface area (Å²) >= 11 is 0. The molecule has 18 heavy (non-hydrogen) atoms. The molecule has 2 atom stereocenters. The summed E-state index contributed by atoms with van der Waals surface area (Å²) in [7, 11) is -3.39. The third-order valence-electron chi connectivity index (χ3n) is 2.89. The molecule has 1 aromatic heterocycles. The Kier molecular flexibility index (Phi) is 3.93. The average Bonchev–Trinajstić information content (AvgIpc) is 2.96. The highest BCUT2D eigenvalue weighted by molar-refractivity contribution is 7.90. The zero-order valence-electron chi connectivity index (χ0n) is 10.4. The molecule has 0 saturated heterocycles. The Hall–Kier alpha value is -1.06. The Balaban J connectivity index is 1.88. The molecule has 0 spiro atoms. The molecule has 1 aliphatic carbocycles. The maximum Gasteiger partial charge on any atom is 0.216 e. The van der Waals surface area contributed by atoms with Crippen molar-refractivity contribution in [3.63, 3.8) is 0 Å². The van der Waals surface area contributed by atoms with Crippen LogP contribution in [0.15, 0.2) is 0 Å². The minimum Gasteiger partial charge on any atom is -0.313 e. The molecule has 3 N–H and O–H groups in total. The fourth-order valence-corrected chi connectivity index (χ4v) is 2.64. The molecule has 1 aliphatic rings. The SMILES string of the molecule is CC(NS(=O)(=O)C(C)CNC1CC1)c1nn[nH]n1. The van der Waals surface area contributed by atoms with E-state index in [9.17, 15) is 8.42 Å². The number of hydrogen-bond acceptors (Lipinski definition) is 6. The van der Waals surface area contributed by atoms with Gasteiger partial charge in [0.05, 0.1) is 11.3 Å². The highest BCUT2D eigenvalue weighted by atomic mass is 32.2. The van der Waals surface area contributed by atoms with Crippen LogP contribution in [0.2, 0.25) is 0 Å². The molecular weight excluding hydrogens is 256 g/mol. The highest BCUT2D eigenvalue weighted by Crippen LogP contribution is 2.19. The summed E-state index contributed by atoms with van der Waals surface area (Å²) in [5.41, 5.74) is 0. The minimum atomic E-state index is -3.39. The fourth-order valence-electron chi connectivity index (χ4n) is 1.50. The van der Waals surface area contributed by atoms with Crippen molar-refractivity contribution in [3.05, 3.63) is 5.82 Å². The molecule has 1 aromatic rings. The molecule has 8 nitrogen and oxygen atoms in total. The van der Waals surface area contributed by atoms with Gasteiger partial charge >= 0.3 is 0 Å². The van der Waals surface area contributed by atoms with Gasteiger partial charge in [0.2, 0.25) is 10.0 Å². The quantitative estimate of drug-likeness (QED) is 0.607. The van der Waals surface area contributed by atoms with Crippen molar-refractivity contribution in [3.8, 4) is 0 Å². The van der Waals surface area contributed by atoms with E-state index in [1.807, 2.05) is 0 Å². The van der Waals surface area contributed by atoms with Crippen molar-refractivity contribution >= 4 is 10.0 Å². The Morgan fingerprint density at radius 3 is 2.72 bits per heavy atom. The number of sulfonamides is 1. The second-order valence-corrected chi connectivity index (χ2v) is 6.78. The maximum absolute atomic E-state index is 12.0. The number of hydrogen-bond donors (Lipinski definition) is 3. The van der Waals surface area contributed by atoms with Crippen LogP contribution >= 0.6 is 0 Å². The number of tetrazole rings is 1. The van der Waals surface area contributed by atoms with E-state index in [1.54, 1.807) is 13.8 Å². The average molecular weight is 274 g/mol. The van der Waals surface area contributed by atoms with E-state index in [0.29, 0.717) is 18.4 Å². The third kappa shape index (κ3) is 3.47. The lowest BCUT2D eigenvalue weighted by Gasteiger charge is -2.17. The van der Waals surface area contributed by atoms with Crippen LogP contribution in [-0.4, -0.2) is 46.9 Å². The van der Waals surface area contributed by atoms with Crippen LogP contribution < -0.4 is 10.0 Å². The van der Waals surface area contributed by atoms with Crippen molar-refractivity contribution in [2.24, 2.45) is 0 Å². The number of H-pyrrole nitrogens is 1. The Morgan fingerprint density at radius 2 is 2.17 bits per heavy atom. The van der Waals surface area contributed by atoms with Gasteiger partial charge in [-0.15, -0.1) is 10.2 Å². The molecule has 0 bridgehead atoms. The molecule has 2 unspecified atom stereocenters. The number of nitrogens with one attached hydrogen (secondary N) is 3. The molecule has 0 aliphatic heterocycles. The van der Waals surface area contributed by atoms with Crippen LogP contribution in [0.1, 0.15) is 38.6 Å². The van der Waals surface area contributed by atoms with Crippen LogP contribution in [0.3, 0.4) is 0 Å². The van der Waals surface area contributed by atoms with E-state index in [1.165, 1.54) is 0 Å². The van der Waals surface area contributed by atoms with E-state index < -0.39 is 21.3 Å². The van der Waals surface area contributed by atoms with Gasteiger partial charge in [-0.05, 0) is 26.7 Å². The summed E-state index contributed by atoms with van der Waals surface area (Å²) < 4.78 is 26.6. The summed E-state index contributed by atoms with van der Waals surface area (Å²) in [5, 5.41) is 15.9. The summed E-state index contributed by atoms with van der Waals surface area (Å²) in [6.45, 7) is 3.82. The predicted octanol–water partition coefficient (Wildman–Crippen LogP) is -0.679. The van der Waals surface area contributed by atoms with Gasteiger partial charge in [-0.3, -0.25) is 0 Å². The standard InChI is InChI=1S/C9H18N6O2S/c1-6(5-10-8-3-4-8)18(16,17)13-7(2)9-11-14-15-12-9/h6-8,10,13H,3-5H2,1-2H3,(H,11,12,14,15). The number of aromatic amines is 1. The molecule has 102 valence electrons. The first-order valence-electron chi connectivity index (χ1n) is 5.97. The first kappa shape index (κ1) is 13.4. The number of nitrogens with zero attached hydrogens (tertiary/aromatic N) is 3. The van der Waals surface area contributed by atoms with Crippen molar-refractivity contribution in [2.75, 3.05) is 6.54 Å². The second kappa shape index (κ2) is 5.29. The van der Waals surface area contributed by atoms with Crippen molar-refractivity contribution < 1.29 is 8.42 Å². The van der Waals surface area contributed by atoms with Crippen LogP contribution in [0.5, 0.6) is 0 Å². The first-order chi connectivity index (χ1) is 8.49. The van der Waals surface area contributed by atoms with Crippen molar-refractivity contribution in [1.82, 2.24) is 30.7 Å². The molecule has 0 radical (unpaired) electrons. The van der Waals surface area contributed by atoms with Gasteiger partial charge in [-0.1, -0.05) is 5.21 Å². The molecular formula is C9H18N6O2S. The van der Waals surface area contributed by atoms with Gasteiger partial charge in [-0.25, -0.2) is 13.1 Å². The Bertz CT molecular complexity index is 469. The lowest BCUT2D eigenvalue weighted by molar-refractivity contribution is 0.539. The molecule has 2 rings (SSSR count). The van der Waals surface area contributed by atoms with Crippen LogP contribution in [0.25, 0.3) is 0 Å². The molecule has 1 fully saturated rings. The zero-order valence-corrected chi connectivity index (χ0v) is 11.2. The van der Waals surface area contributed by atoms with Gasteiger partial charge in [0.1, 0.15) is 0 Å². The monoisotopic (exact) mass is 274 g/mol. The molecule has 1 heterocycles. The number of rotatable bonds is 7. The topological polar surface area (TPSA) is 113 Å². The zero-order chi connectivity index (χ0) is 13.2. The van der Waals surface area contributed by atoms with E-state index >= 15 is 0 Å². The third-order valence-corrected chi connectivity index (χ3v) is 4.80. The van der Waals surface area contributed by atoms with Crippen LogP contribution in [0.4, 0.5) is 0 Å². The van der Waals surface area contributed by atoms with Gasteiger partial charge in [0, 0.05) is 12.6 Å². The van der Waals surface area contributed by atoms with Gasteiger partial charge in [-0.2, -0.15) is 5.21 Å². The lowest BCUT2D eigenvalue weighted by atomic mass is 10.4. The van der Waals surface area contributed by atoms with Crippen LogP contribution in [0, 0.1) is 0 Å². The van der Waals surface area contributed by atoms with Gasteiger partial charge < -0.3 is 5.32 Å². The van der Waals surface area contributed by atoms with Crippen molar-refractivity contribution in [1.29, 1.82) is 0 Å². The Morgan fingerprint density at radius 1 is 1.44 bits per heavy atom. The van der Waals surface area contributed by atoms with Gasteiger partial charge in [0.15, 0.2) is 5.82 Å². The Labute approximate surface area is 106 Å². The molecule has 0 amide bonds. The second-order valence-electron chi connectivity index (χ2n) is 4.65. The first-order valence-corrected chi connectivity index (χ1v) is 7.51. The molecule has 9 heteroatoms. The van der Waals surface area contributed by atoms with E-state index in [4.69, 9.17) is 0 Å². The predicted molar refractivity (Wildman–Crippen MR) is 65.1 cm³/mol. The summed E-state index contributed by atoms with van der Waals surface area (Å²) in [6, 6.07) is 0.00871. The summed E-state index contributed by atoms with van der Waals surface area (Å²) in [5.74, 6) is 0.334. The maximum atomic E-state index is 12.0. The lowest BCUT2D eigenvalue weighted by Crippen LogP contribution is -2.40. The molecule has 1 saturated carbocycles. The largest absolute Gasteiger partial charge is 0.313 e. The van der Waals surface area contributed by atoms with Gasteiger partial charge in [0.25, 0.3) is 0 Å². The fraction of sp³-hybridized carbons (Fsp3) is 0.889. The summed E-state index contributed by atoms with van der Waals surface area (Å²) in [4.78, 5) is 0. The molecule has 0 aromatic carbocycles. The smallest absolute Gasteiger partial charge is 0.216 e. The minimum absolute atomic E-state index is 0.334.